The van der Waals surface area contributed by atoms with E-state index in [9.17, 15) is 4.79 Å². The molecule has 0 aromatic heterocycles. The Bertz CT molecular complexity index is 622. The van der Waals surface area contributed by atoms with Gasteiger partial charge in [-0.05, 0) is 30.7 Å². The lowest BCUT2D eigenvalue weighted by Gasteiger charge is -2.18. The van der Waals surface area contributed by atoms with Crippen LogP contribution in [-0.2, 0) is 6.54 Å². The molecule has 2 aromatic rings. The van der Waals surface area contributed by atoms with Crippen LogP contribution in [0.1, 0.15) is 21.5 Å². The zero-order valence-electron chi connectivity index (χ0n) is 11.4. The van der Waals surface area contributed by atoms with Crippen LogP contribution >= 0.6 is 27.5 Å². The van der Waals surface area contributed by atoms with Gasteiger partial charge in [0, 0.05) is 28.7 Å². The minimum absolute atomic E-state index is 0.0466. The maximum Gasteiger partial charge on any atom is 0.253 e. The Balaban J connectivity index is 2.16. The fourth-order valence-electron chi connectivity index (χ4n) is 2.05. The molecule has 0 saturated heterocycles. The predicted molar refractivity (Wildman–Crippen MR) is 86.1 cm³/mol. The van der Waals surface area contributed by atoms with E-state index in [0.29, 0.717) is 17.1 Å². The summed E-state index contributed by atoms with van der Waals surface area (Å²) >= 11 is 9.33. The second kappa shape index (κ2) is 6.42. The highest BCUT2D eigenvalue weighted by atomic mass is 79.9. The van der Waals surface area contributed by atoms with Gasteiger partial charge < -0.3 is 4.90 Å². The summed E-state index contributed by atoms with van der Waals surface area (Å²) in [4.78, 5) is 14.1. The van der Waals surface area contributed by atoms with E-state index >= 15 is 0 Å². The van der Waals surface area contributed by atoms with Crippen molar-refractivity contribution >= 4 is 33.4 Å². The zero-order chi connectivity index (χ0) is 14.7. The highest BCUT2D eigenvalue weighted by Gasteiger charge is 2.13. The van der Waals surface area contributed by atoms with Gasteiger partial charge in [0.2, 0.25) is 0 Å². The van der Waals surface area contributed by atoms with Crippen LogP contribution in [0.3, 0.4) is 0 Å². The van der Waals surface area contributed by atoms with Crippen molar-refractivity contribution in [2.24, 2.45) is 0 Å². The molecule has 2 rings (SSSR count). The van der Waals surface area contributed by atoms with Crippen LogP contribution in [0.4, 0.5) is 0 Å². The van der Waals surface area contributed by atoms with Crippen molar-refractivity contribution in [3.05, 3.63) is 68.7 Å². The lowest BCUT2D eigenvalue weighted by molar-refractivity contribution is 0.0785. The average molecular weight is 353 g/mol. The van der Waals surface area contributed by atoms with E-state index in [4.69, 9.17) is 11.6 Å². The molecule has 20 heavy (non-hydrogen) atoms. The molecule has 0 radical (unpaired) electrons. The van der Waals surface area contributed by atoms with Gasteiger partial charge in [-0.1, -0.05) is 57.4 Å². The first-order valence-electron chi connectivity index (χ1n) is 6.23. The van der Waals surface area contributed by atoms with Gasteiger partial charge >= 0.3 is 0 Å². The maximum atomic E-state index is 12.4. The van der Waals surface area contributed by atoms with E-state index in [1.807, 2.05) is 25.1 Å². The fourth-order valence-corrected chi connectivity index (χ4v) is 2.91. The van der Waals surface area contributed by atoms with Gasteiger partial charge in [0.25, 0.3) is 5.91 Å². The van der Waals surface area contributed by atoms with Gasteiger partial charge in [-0.15, -0.1) is 0 Å². The van der Waals surface area contributed by atoms with Gasteiger partial charge in [0.1, 0.15) is 0 Å². The van der Waals surface area contributed by atoms with Crippen molar-refractivity contribution in [2.45, 2.75) is 13.5 Å². The SMILES string of the molecule is Cc1cccc(CN(C)C(=O)c2cc(Cl)cc(Br)c2)c1. The van der Waals surface area contributed by atoms with Gasteiger partial charge in [-0.3, -0.25) is 4.79 Å². The van der Waals surface area contributed by atoms with Gasteiger partial charge in [-0.25, -0.2) is 0 Å². The van der Waals surface area contributed by atoms with E-state index in [0.717, 1.165) is 10.0 Å². The molecule has 0 N–H and O–H groups in total. The smallest absolute Gasteiger partial charge is 0.253 e. The average Bonchev–Trinajstić information content (AvgIpc) is 2.36. The molecule has 0 aliphatic carbocycles. The minimum Gasteiger partial charge on any atom is -0.337 e. The van der Waals surface area contributed by atoms with E-state index in [2.05, 4.69) is 22.0 Å². The molecule has 0 unspecified atom stereocenters. The summed E-state index contributed by atoms with van der Waals surface area (Å²) in [5, 5.41) is 0.548. The summed E-state index contributed by atoms with van der Waals surface area (Å²) in [5.41, 5.74) is 2.88. The molecule has 104 valence electrons. The van der Waals surface area contributed by atoms with Crippen LogP contribution in [0.2, 0.25) is 5.02 Å². The normalized spacial score (nSPS) is 10.4. The number of benzene rings is 2. The van der Waals surface area contributed by atoms with Crippen LogP contribution in [0.25, 0.3) is 0 Å². The quantitative estimate of drug-likeness (QED) is 0.785. The molecule has 0 fully saturated rings. The Hall–Kier alpha value is -1.32. The molecule has 0 spiro atoms. The van der Waals surface area contributed by atoms with Crippen molar-refractivity contribution in [3.8, 4) is 0 Å². The third-order valence-electron chi connectivity index (χ3n) is 2.96. The predicted octanol–water partition coefficient (Wildman–Crippen LogP) is 4.68. The number of carbonyl (C=O) groups excluding carboxylic acids is 1. The molecule has 0 aliphatic heterocycles. The summed E-state index contributed by atoms with van der Waals surface area (Å²) in [6.07, 6.45) is 0. The highest BCUT2D eigenvalue weighted by molar-refractivity contribution is 9.10. The Morgan fingerprint density at radius 2 is 2.00 bits per heavy atom. The third kappa shape index (κ3) is 3.84. The van der Waals surface area contributed by atoms with Crippen LogP contribution in [0.15, 0.2) is 46.9 Å². The lowest BCUT2D eigenvalue weighted by Crippen LogP contribution is -2.26. The van der Waals surface area contributed by atoms with Gasteiger partial charge in [0.05, 0.1) is 0 Å². The molecule has 0 saturated carbocycles. The number of aryl methyl sites for hydroxylation is 1. The summed E-state index contributed by atoms with van der Waals surface area (Å²) in [6, 6.07) is 13.4. The van der Waals surface area contributed by atoms with Crippen LogP contribution in [0, 0.1) is 6.92 Å². The van der Waals surface area contributed by atoms with Crippen LogP contribution in [0.5, 0.6) is 0 Å². The van der Waals surface area contributed by atoms with Crippen molar-refractivity contribution < 1.29 is 4.79 Å². The van der Waals surface area contributed by atoms with Crippen molar-refractivity contribution in [1.82, 2.24) is 4.90 Å². The van der Waals surface area contributed by atoms with Crippen LogP contribution < -0.4 is 0 Å². The van der Waals surface area contributed by atoms with E-state index in [1.54, 1.807) is 30.1 Å². The van der Waals surface area contributed by atoms with Crippen molar-refractivity contribution in [2.75, 3.05) is 7.05 Å². The summed E-state index contributed by atoms with van der Waals surface area (Å²) in [6.45, 7) is 2.62. The van der Waals surface area contributed by atoms with E-state index in [1.165, 1.54) is 5.56 Å². The highest BCUT2D eigenvalue weighted by Crippen LogP contribution is 2.21. The second-order valence-electron chi connectivity index (χ2n) is 4.81. The molecule has 1 amide bonds. The topological polar surface area (TPSA) is 20.3 Å². The monoisotopic (exact) mass is 351 g/mol. The Morgan fingerprint density at radius 3 is 2.65 bits per heavy atom. The Labute approximate surface area is 132 Å². The first kappa shape index (κ1) is 15.1. The summed E-state index contributed by atoms with van der Waals surface area (Å²) in [5.74, 6) is -0.0466. The van der Waals surface area contributed by atoms with Gasteiger partial charge in [-0.2, -0.15) is 0 Å². The Kier molecular flexibility index (Phi) is 4.84. The molecule has 0 atom stereocenters. The van der Waals surface area contributed by atoms with Crippen molar-refractivity contribution in [1.29, 1.82) is 0 Å². The van der Waals surface area contributed by atoms with Crippen molar-refractivity contribution in [3.63, 3.8) is 0 Å². The lowest BCUT2D eigenvalue weighted by atomic mass is 10.1. The number of carbonyl (C=O) groups is 1. The second-order valence-corrected chi connectivity index (χ2v) is 6.16. The number of hydrogen-bond acceptors (Lipinski definition) is 1. The first-order chi connectivity index (χ1) is 9.45. The number of rotatable bonds is 3. The molecule has 0 heterocycles. The minimum atomic E-state index is -0.0466. The molecule has 4 heteroatoms. The number of nitrogens with zero attached hydrogens (tertiary/aromatic N) is 1. The largest absolute Gasteiger partial charge is 0.337 e. The Morgan fingerprint density at radius 1 is 1.25 bits per heavy atom. The number of amides is 1. The van der Waals surface area contributed by atoms with E-state index < -0.39 is 0 Å². The van der Waals surface area contributed by atoms with Gasteiger partial charge in [0.15, 0.2) is 0 Å². The molecule has 2 aromatic carbocycles. The first-order valence-corrected chi connectivity index (χ1v) is 7.40. The maximum absolute atomic E-state index is 12.4. The molecule has 0 bridgehead atoms. The standard InChI is InChI=1S/C16H15BrClNO/c1-11-4-3-5-12(6-11)10-19(2)16(20)13-7-14(17)9-15(18)8-13/h3-9H,10H2,1-2H3. The third-order valence-corrected chi connectivity index (χ3v) is 3.63. The number of halogens is 2. The summed E-state index contributed by atoms with van der Waals surface area (Å²) < 4.78 is 0.803. The zero-order valence-corrected chi connectivity index (χ0v) is 13.7. The molecular formula is C16H15BrClNO. The van der Waals surface area contributed by atoms with Crippen LogP contribution in [-0.4, -0.2) is 17.9 Å². The molecule has 2 nitrogen and oxygen atoms in total. The fraction of sp³-hybridized carbons (Fsp3) is 0.188. The molecule has 0 aliphatic rings. The summed E-state index contributed by atoms with van der Waals surface area (Å²) in [7, 11) is 1.79. The molecular weight excluding hydrogens is 338 g/mol. The number of hydrogen-bond donors (Lipinski definition) is 0. The van der Waals surface area contributed by atoms with E-state index in [-0.39, 0.29) is 5.91 Å².